The van der Waals surface area contributed by atoms with Crippen LogP contribution in [-0.2, 0) is 11.3 Å². The molecule has 4 rings (SSSR count). The Kier molecular flexibility index (Phi) is 6.54. The highest BCUT2D eigenvalue weighted by atomic mass is 16.5. The normalized spacial score (nSPS) is 18.8. The minimum absolute atomic E-state index is 0.0194. The van der Waals surface area contributed by atoms with Crippen molar-refractivity contribution < 1.29 is 9.53 Å². The van der Waals surface area contributed by atoms with E-state index in [4.69, 9.17) is 4.74 Å². The van der Waals surface area contributed by atoms with E-state index < -0.39 is 0 Å². The van der Waals surface area contributed by atoms with Crippen molar-refractivity contribution in [1.29, 1.82) is 0 Å². The molecule has 1 fully saturated rings. The highest BCUT2D eigenvalue weighted by Crippen LogP contribution is 2.37. The highest BCUT2D eigenvalue weighted by Gasteiger charge is 2.30. The van der Waals surface area contributed by atoms with Gasteiger partial charge in [0.05, 0.1) is 31.0 Å². The number of hydrogen-bond acceptors (Lipinski definition) is 5. The van der Waals surface area contributed by atoms with Crippen LogP contribution in [0.5, 0.6) is 5.75 Å². The first-order valence-electron chi connectivity index (χ1n) is 11.6. The summed E-state index contributed by atoms with van der Waals surface area (Å²) in [5.74, 6) is 1.42. The Morgan fingerprint density at radius 2 is 1.94 bits per heavy atom. The van der Waals surface area contributed by atoms with Gasteiger partial charge in [0, 0.05) is 17.8 Å². The molecule has 8 nitrogen and oxygen atoms in total. The second kappa shape index (κ2) is 9.37. The number of amides is 1. The van der Waals surface area contributed by atoms with Gasteiger partial charge in [-0.2, -0.15) is 0 Å². The number of hydrogen-bond donors (Lipinski definition) is 1. The number of nitrogens with zero attached hydrogens (tertiary/aromatic N) is 5. The summed E-state index contributed by atoms with van der Waals surface area (Å²) in [7, 11) is 1.64. The first-order valence-corrected chi connectivity index (χ1v) is 11.6. The summed E-state index contributed by atoms with van der Waals surface area (Å²) in [6, 6.07) is 6.11. The molecule has 0 aliphatic heterocycles. The molecule has 1 aromatic carbocycles. The second-order valence-corrected chi connectivity index (χ2v) is 10.1. The number of aryl methyl sites for hydroxylation is 1. The van der Waals surface area contributed by atoms with E-state index in [1.807, 2.05) is 35.9 Å². The lowest BCUT2D eigenvalue weighted by Crippen LogP contribution is -2.40. The number of imidazole rings is 1. The van der Waals surface area contributed by atoms with Gasteiger partial charge in [0.2, 0.25) is 5.91 Å². The lowest BCUT2D eigenvalue weighted by atomic mass is 9.71. The molecular formula is C25H34N6O2. The third kappa shape index (κ3) is 5.43. The number of rotatable bonds is 6. The van der Waals surface area contributed by atoms with E-state index in [0.717, 1.165) is 35.7 Å². The fraction of sp³-hybridized carbons (Fsp3) is 0.520. The largest absolute Gasteiger partial charge is 0.495 e. The second-order valence-electron chi connectivity index (χ2n) is 10.1. The quantitative estimate of drug-likeness (QED) is 0.609. The van der Waals surface area contributed by atoms with E-state index in [2.05, 4.69) is 41.4 Å². The first kappa shape index (κ1) is 23.0. The standard InChI is InChI=1S/C25H34N6O2/c1-17-13-30(16-26-17)22-11-6-18(12-23(22)33-5)21-14-31(29-28-21)15-24(32)27-20-9-7-19(8-10-20)25(2,3)4/h6,11-14,16,19-20H,7-10,15H2,1-5H3,(H,27,32). The van der Waals surface area contributed by atoms with Crippen molar-refractivity contribution in [1.82, 2.24) is 29.9 Å². The Labute approximate surface area is 195 Å². The summed E-state index contributed by atoms with van der Waals surface area (Å²) in [5.41, 5.74) is 3.74. The number of carbonyl (C=O) groups is 1. The SMILES string of the molecule is COc1cc(-c2cn(CC(=O)NC3CCC(C(C)(C)C)CC3)nn2)ccc1-n1cnc(C)c1. The van der Waals surface area contributed by atoms with Gasteiger partial charge in [-0.05, 0) is 56.1 Å². The third-order valence-electron chi connectivity index (χ3n) is 6.63. The molecule has 1 N–H and O–H groups in total. The van der Waals surface area contributed by atoms with E-state index in [0.29, 0.717) is 16.9 Å². The number of methoxy groups -OCH3 is 1. The molecule has 0 saturated heterocycles. The van der Waals surface area contributed by atoms with Crippen LogP contribution in [0.1, 0.15) is 52.1 Å². The molecule has 3 aromatic rings. The van der Waals surface area contributed by atoms with Gasteiger partial charge in [-0.3, -0.25) is 4.79 Å². The van der Waals surface area contributed by atoms with Gasteiger partial charge in [-0.15, -0.1) is 5.10 Å². The molecule has 0 unspecified atom stereocenters. The van der Waals surface area contributed by atoms with Crippen LogP contribution >= 0.6 is 0 Å². The zero-order chi connectivity index (χ0) is 23.6. The molecule has 8 heteroatoms. The Morgan fingerprint density at radius 3 is 2.58 bits per heavy atom. The van der Waals surface area contributed by atoms with Gasteiger partial charge >= 0.3 is 0 Å². The molecule has 0 spiro atoms. The molecule has 176 valence electrons. The summed E-state index contributed by atoms with van der Waals surface area (Å²) in [5, 5.41) is 11.6. The number of carbonyl (C=O) groups excluding carboxylic acids is 1. The van der Waals surface area contributed by atoms with Crippen LogP contribution in [0.3, 0.4) is 0 Å². The van der Waals surface area contributed by atoms with Gasteiger partial charge in [0.1, 0.15) is 18.0 Å². The van der Waals surface area contributed by atoms with Crippen LogP contribution in [0.25, 0.3) is 16.9 Å². The molecule has 1 aliphatic carbocycles. The number of aromatic nitrogens is 5. The minimum atomic E-state index is -0.0194. The molecule has 2 aromatic heterocycles. The van der Waals surface area contributed by atoms with E-state index in [1.54, 1.807) is 24.3 Å². The minimum Gasteiger partial charge on any atom is -0.495 e. The zero-order valence-electron chi connectivity index (χ0n) is 20.2. The fourth-order valence-electron chi connectivity index (χ4n) is 4.64. The lowest BCUT2D eigenvalue weighted by Gasteiger charge is -2.37. The monoisotopic (exact) mass is 450 g/mol. The van der Waals surface area contributed by atoms with Gasteiger partial charge in [0.25, 0.3) is 0 Å². The molecule has 33 heavy (non-hydrogen) atoms. The van der Waals surface area contributed by atoms with Gasteiger partial charge in [0.15, 0.2) is 0 Å². The fourth-order valence-corrected chi connectivity index (χ4v) is 4.64. The van der Waals surface area contributed by atoms with Crippen molar-refractivity contribution in [2.24, 2.45) is 11.3 Å². The van der Waals surface area contributed by atoms with Crippen LogP contribution in [0, 0.1) is 18.3 Å². The third-order valence-corrected chi connectivity index (χ3v) is 6.63. The number of benzene rings is 1. The summed E-state index contributed by atoms with van der Waals surface area (Å²) >= 11 is 0. The van der Waals surface area contributed by atoms with Crippen molar-refractivity contribution >= 4 is 5.91 Å². The summed E-state index contributed by atoms with van der Waals surface area (Å²) in [4.78, 5) is 16.9. The number of nitrogens with one attached hydrogen (secondary N) is 1. The molecule has 0 atom stereocenters. The molecule has 0 bridgehead atoms. The molecule has 1 aliphatic rings. The van der Waals surface area contributed by atoms with Crippen molar-refractivity contribution in [2.75, 3.05) is 7.11 Å². The van der Waals surface area contributed by atoms with E-state index in [9.17, 15) is 4.79 Å². The first-order chi connectivity index (χ1) is 15.7. The predicted octanol–water partition coefficient (Wildman–Crippen LogP) is 4.17. The Balaban J connectivity index is 1.37. The average Bonchev–Trinajstić information content (AvgIpc) is 3.42. The van der Waals surface area contributed by atoms with Crippen LogP contribution in [0.15, 0.2) is 36.9 Å². The molecular weight excluding hydrogens is 416 g/mol. The maximum atomic E-state index is 12.6. The lowest BCUT2D eigenvalue weighted by molar-refractivity contribution is -0.122. The van der Waals surface area contributed by atoms with Crippen molar-refractivity contribution in [3.05, 3.63) is 42.6 Å². The summed E-state index contributed by atoms with van der Waals surface area (Å²) in [6.07, 6.45) is 9.92. The average molecular weight is 451 g/mol. The van der Waals surface area contributed by atoms with Crippen molar-refractivity contribution in [2.45, 2.75) is 66.0 Å². The van der Waals surface area contributed by atoms with Crippen LogP contribution in [0.2, 0.25) is 0 Å². The summed E-state index contributed by atoms with van der Waals surface area (Å²) in [6.45, 7) is 9.03. The Hall–Kier alpha value is -3.16. The van der Waals surface area contributed by atoms with E-state index in [1.165, 1.54) is 12.8 Å². The van der Waals surface area contributed by atoms with Gasteiger partial charge in [-0.1, -0.05) is 32.1 Å². The zero-order valence-corrected chi connectivity index (χ0v) is 20.2. The van der Waals surface area contributed by atoms with E-state index in [-0.39, 0.29) is 18.5 Å². The molecule has 0 radical (unpaired) electrons. The molecule has 2 heterocycles. The van der Waals surface area contributed by atoms with Gasteiger partial charge in [-0.25, -0.2) is 9.67 Å². The van der Waals surface area contributed by atoms with Crippen LogP contribution in [0.4, 0.5) is 0 Å². The molecule has 1 saturated carbocycles. The van der Waals surface area contributed by atoms with E-state index >= 15 is 0 Å². The predicted molar refractivity (Wildman–Crippen MR) is 127 cm³/mol. The topological polar surface area (TPSA) is 86.9 Å². The number of ether oxygens (including phenoxy) is 1. The van der Waals surface area contributed by atoms with Crippen molar-refractivity contribution in [3.8, 4) is 22.7 Å². The maximum absolute atomic E-state index is 12.6. The van der Waals surface area contributed by atoms with Crippen molar-refractivity contribution in [3.63, 3.8) is 0 Å². The smallest absolute Gasteiger partial charge is 0.242 e. The van der Waals surface area contributed by atoms with Crippen LogP contribution < -0.4 is 10.1 Å². The maximum Gasteiger partial charge on any atom is 0.242 e. The Morgan fingerprint density at radius 1 is 1.18 bits per heavy atom. The highest BCUT2D eigenvalue weighted by molar-refractivity contribution is 5.76. The van der Waals surface area contributed by atoms with Gasteiger partial charge < -0.3 is 14.6 Å². The Bertz CT molecular complexity index is 1100. The van der Waals surface area contributed by atoms with Crippen LogP contribution in [-0.4, -0.2) is 43.6 Å². The summed E-state index contributed by atoms with van der Waals surface area (Å²) < 4.78 is 9.10. The molecule has 1 amide bonds.